The third-order valence-electron chi connectivity index (χ3n) is 5.17. The van der Waals surface area contributed by atoms with Gasteiger partial charge in [0.25, 0.3) is 5.91 Å². The van der Waals surface area contributed by atoms with Gasteiger partial charge in [0.2, 0.25) is 5.17 Å². The van der Waals surface area contributed by atoms with Gasteiger partial charge in [-0.25, -0.2) is 4.39 Å². The smallest absolute Gasteiger partial charge is 0.282 e. The van der Waals surface area contributed by atoms with E-state index in [9.17, 15) is 9.18 Å². The Hall–Kier alpha value is -2.28. The first kappa shape index (κ1) is 18.1. The van der Waals surface area contributed by atoms with E-state index in [2.05, 4.69) is 10.1 Å². The van der Waals surface area contributed by atoms with Crippen molar-refractivity contribution >= 4 is 39.8 Å². The maximum absolute atomic E-state index is 13.1. The number of rotatable bonds is 4. The Morgan fingerprint density at radius 3 is 2.70 bits per heavy atom. The standard InChI is InChI=1S/C20H21FN4OS/c21-15-9-6-14(7-10-15)12-16-18(22)25-20(23-19(16)26)27-17(24-25)11-8-13-4-2-1-3-5-13/h6-7,9-10,12-13,22H,1-5,8,11H2/b16-12+,22-18?. The second-order valence-corrected chi connectivity index (χ2v) is 8.15. The Bertz CT molecular complexity index is 853. The lowest BCUT2D eigenvalue weighted by Crippen LogP contribution is -2.35. The number of halogens is 1. The van der Waals surface area contributed by atoms with Crippen LogP contribution >= 0.6 is 11.8 Å². The van der Waals surface area contributed by atoms with Crippen molar-refractivity contribution in [1.29, 1.82) is 5.41 Å². The molecular formula is C20H21FN4OS. The molecule has 7 heteroatoms. The van der Waals surface area contributed by atoms with E-state index in [1.54, 1.807) is 18.2 Å². The van der Waals surface area contributed by atoms with Crippen molar-refractivity contribution in [3.05, 3.63) is 41.2 Å². The molecule has 1 N–H and O–H groups in total. The molecule has 3 aliphatic rings. The molecule has 0 aromatic heterocycles. The minimum atomic E-state index is -0.452. The van der Waals surface area contributed by atoms with Crippen molar-refractivity contribution in [2.75, 3.05) is 0 Å². The topological polar surface area (TPSA) is 68.9 Å². The molecule has 1 aliphatic carbocycles. The van der Waals surface area contributed by atoms with E-state index in [4.69, 9.17) is 5.41 Å². The number of hydrogen-bond donors (Lipinski definition) is 1. The summed E-state index contributed by atoms with van der Waals surface area (Å²) in [4.78, 5) is 16.5. The number of amides is 1. The van der Waals surface area contributed by atoms with E-state index in [0.717, 1.165) is 23.8 Å². The van der Waals surface area contributed by atoms with E-state index >= 15 is 0 Å². The molecule has 0 unspecified atom stereocenters. The molecule has 1 aromatic carbocycles. The van der Waals surface area contributed by atoms with Crippen molar-refractivity contribution in [3.8, 4) is 0 Å². The van der Waals surface area contributed by atoms with Crippen molar-refractivity contribution in [3.63, 3.8) is 0 Å². The van der Waals surface area contributed by atoms with Crippen molar-refractivity contribution in [2.45, 2.75) is 44.9 Å². The number of benzene rings is 1. The summed E-state index contributed by atoms with van der Waals surface area (Å²) in [5, 5.41) is 15.7. The molecular weight excluding hydrogens is 363 g/mol. The van der Waals surface area contributed by atoms with Crippen LogP contribution in [0, 0.1) is 17.1 Å². The Labute approximate surface area is 161 Å². The molecule has 1 amide bonds. The molecule has 1 aromatic rings. The number of thioether (sulfide) groups is 1. The van der Waals surface area contributed by atoms with Crippen LogP contribution in [0.4, 0.5) is 4.39 Å². The van der Waals surface area contributed by atoms with Gasteiger partial charge in [-0.3, -0.25) is 10.2 Å². The molecule has 0 atom stereocenters. The first-order valence-electron chi connectivity index (χ1n) is 9.35. The zero-order valence-corrected chi connectivity index (χ0v) is 15.8. The average Bonchev–Trinajstić information content (AvgIpc) is 3.09. The zero-order chi connectivity index (χ0) is 18.8. The largest absolute Gasteiger partial charge is 0.283 e. The van der Waals surface area contributed by atoms with Gasteiger partial charge >= 0.3 is 0 Å². The summed E-state index contributed by atoms with van der Waals surface area (Å²) >= 11 is 1.39. The van der Waals surface area contributed by atoms with Gasteiger partial charge in [-0.2, -0.15) is 15.1 Å². The van der Waals surface area contributed by atoms with Crippen LogP contribution < -0.4 is 0 Å². The number of nitrogens with zero attached hydrogens (tertiary/aromatic N) is 3. The molecule has 0 spiro atoms. The summed E-state index contributed by atoms with van der Waals surface area (Å²) in [6.07, 6.45) is 10.1. The number of fused-ring (bicyclic) bond motifs is 1. The average molecular weight is 384 g/mol. The van der Waals surface area contributed by atoms with Crippen LogP contribution in [-0.4, -0.2) is 27.0 Å². The molecule has 0 bridgehead atoms. The van der Waals surface area contributed by atoms with E-state index in [1.807, 2.05) is 0 Å². The molecule has 4 rings (SSSR count). The van der Waals surface area contributed by atoms with Crippen molar-refractivity contribution in [2.24, 2.45) is 16.0 Å². The first-order valence-corrected chi connectivity index (χ1v) is 10.2. The number of nitrogens with one attached hydrogen (secondary N) is 1. The normalized spacial score (nSPS) is 22.1. The second-order valence-electron chi connectivity index (χ2n) is 7.11. The third kappa shape index (κ3) is 4.03. The van der Waals surface area contributed by atoms with Gasteiger partial charge in [0.1, 0.15) is 10.9 Å². The van der Waals surface area contributed by atoms with Crippen LogP contribution in [0.15, 0.2) is 39.9 Å². The number of hydrogen-bond acceptors (Lipinski definition) is 4. The van der Waals surface area contributed by atoms with Crippen LogP contribution in [0.25, 0.3) is 6.08 Å². The monoisotopic (exact) mass is 384 g/mol. The van der Waals surface area contributed by atoms with Crippen LogP contribution in [0.1, 0.15) is 50.5 Å². The number of hydrazone groups is 1. The van der Waals surface area contributed by atoms with E-state index < -0.39 is 5.91 Å². The van der Waals surface area contributed by atoms with Crippen LogP contribution in [0.5, 0.6) is 0 Å². The maximum atomic E-state index is 13.1. The molecule has 2 aliphatic heterocycles. The lowest BCUT2D eigenvalue weighted by atomic mass is 9.86. The highest BCUT2D eigenvalue weighted by Crippen LogP contribution is 2.33. The Morgan fingerprint density at radius 2 is 1.96 bits per heavy atom. The van der Waals surface area contributed by atoms with Crippen LogP contribution in [0.3, 0.4) is 0 Å². The highest BCUT2D eigenvalue weighted by atomic mass is 32.2. The fourth-order valence-corrected chi connectivity index (χ4v) is 4.56. The van der Waals surface area contributed by atoms with Gasteiger partial charge in [0.05, 0.1) is 5.57 Å². The molecule has 140 valence electrons. The maximum Gasteiger partial charge on any atom is 0.283 e. The number of carbonyl (C=O) groups is 1. The van der Waals surface area contributed by atoms with E-state index in [1.165, 1.54) is 61.0 Å². The Morgan fingerprint density at radius 1 is 1.22 bits per heavy atom. The molecule has 2 heterocycles. The highest BCUT2D eigenvalue weighted by molar-refractivity contribution is 8.26. The minimum Gasteiger partial charge on any atom is -0.282 e. The van der Waals surface area contributed by atoms with Gasteiger partial charge in [0, 0.05) is 0 Å². The molecule has 1 fully saturated rings. The zero-order valence-electron chi connectivity index (χ0n) is 14.9. The Balaban J connectivity index is 1.48. The lowest BCUT2D eigenvalue weighted by molar-refractivity contribution is -0.114. The fourth-order valence-electron chi connectivity index (χ4n) is 3.66. The predicted molar refractivity (Wildman–Crippen MR) is 107 cm³/mol. The quantitative estimate of drug-likeness (QED) is 0.758. The van der Waals surface area contributed by atoms with E-state index in [-0.39, 0.29) is 17.2 Å². The number of aliphatic imine (C=N–C) groups is 1. The molecule has 0 saturated heterocycles. The summed E-state index contributed by atoms with van der Waals surface area (Å²) in [6.45, 7) is 0. The van der Waals surface area contributed by atoms with Gasteiger partial charge in [-0.1, -0.05) is 44.2 Å². The summed E-state index contributed by atoms with van der Waals surface area (Å²) in [6, 6.07) is 5.79. The summed E-state index contributed by atoms with van der Waals surface area (Å²) in [5.41, 5.74) is 0.819. The lowest BCUT2D eigenvalue weighted by Gasteiger charge is -2.20. The first-order chi connectivity index (χ1) is 13.1. The highest BCUT2D eigenvalue weighted by Gasteiger charge is 2.35. The Kier molecular flexibility index (Phi) is 5.20. The van der Waals surface area contributed by atoms with Gasteiger partial charge in [-0.15, -0.1) is 0 Å². The van der Waals surface area contributed by atoms with Crippen molar-refractivity contribution < 1.29 is 9.18 Å². The van der Waals surface area contributed by atoms with Gasteiger partial charge in [0.15, 0.2) is 5.84 Å². The van der Waals surface area contributed by atoms with Crippen molar-refractivity contribution in [1.82, 2.24) is 5.01 Å². The third-order valence-corrected chi connectivity index (χ3v) is 6.14. The summed E-state index contributed by atoms with van der Waals surface area (Å²) in [7, 11) is 0. The summed E-state index contributed by atoms with van der Waals surface area (Å²) in [5.74, 6) is -0.0106. The molecule has 0 radical (unpaired) electrons. The molecule has 5 nitrogen and oxygen atoms in total. The van der Waals surface area contributed by atoms with Gasteiger partial charge in [-0.05, 0) is 54.3 Å². The van der Waals surface area contributed by atoms with Gasteiger partial charge < -0.3 is 0 Å². The SMILES string of the molecule is N=C1/C(=C\c2ccc(F)cc2)C(=O)N=C2SC(CCC3CCCCC3)=NN12. The number of carbonyl (C=O) groups excluding carboxylic acids is 1. The summed E-state index contributed by atoms with van der Waals surface area (Å²) < 4.78 is 13.1. The van der Waals surface area contributed by atoms with E-state index in [0.29, 0.717) is 10.7 Å². The van der Waals surface area contributed by atoms with Crippen LogP contribution in [0.2, 0.25) is 0 Å². The second kappa shape index (κ2) is 7.76. The minimum absolute atomic E-state index is 0.0227. The molecule has 1 saturated carbocycles. The predicted octanol–water partition coefficient (Wildman–Crippen LogP) is 4.81. The molecule has 27 heavy (non-hydrogen) atoms. The fraction of sp³-hybridized carbons (Fsp3) is 0.400. The van der Waals surface area contributed by atoms with Crippen LogP contribution in [-0.2, 0) is 4.79 Å². The number of amidine groups is 2.